The number of benzene rings is 2. The number of aliphatic hydroxyl groups excluding tert-OH is 1. The molecule has 0 bridgehead atoms. The van der Waals surface area contributed by atoms with E-state index < -0.39 is 23.8 Å². The maximum absolute atomic E-state index is 14.5. The minimum atomic E-state index is -0.758. The van der Waals surface area contributed by atoms with Gasteiger partial charge in [0.1, 0.15) is 6.26 Å². The lowest BCUT2D eigenvalue weighted by atomic mass is 10.2. The van der Waals surface area contributed by atoms with Crippen molar-refractivity contribution in [1.29, 1.82) is 0 Å². The topological polar surface area (TPSA) is 128 Å². The smallest absolute Gasteiger partial charge is 0.335 e. The number of ether oxygens (including phenoxy) is 1. The summed E-state index contributed by atoms with van der Waals surface area (Å²) in [7, 11) is 0. The second kappa shape index (κ2) is 9.67. The monoisotopic (exact) mass is 473 g/mol. The van der Waals surface area contributed by atoms with Crippen LogP contribution in [-0.4, -0.2) is 31.0 Å². The first-order chi connectivity index (χ1) is 15.9. The second-order valence-corrected chi connectivity index (χ2v) is 7.23. The molecule has 12 heteroatoms. The lowest BCUT2D eigenvalue weighted by Crippen LogP contribution is -2.50. The van der Waals surface area contributed by atoms with Gasteiger partial charge in [-0.05, 0) is 35.0 Å². The Morgan fingerprint density at radius 1 is 1.15 bits per heavy atom. The Labute approximate surface area is 189 Å². The number of H-pyrrole nitrogens is 1. The maximum Gasteiger partial charge on any atom is 0.335 e. The maximum atomic E-state index is 14.5. The number of nitrogens with zero attached hydrogens (tertiary/aromatic N) is 4. The van der Waals surface area contributed by atoms with Gasteiger partial charge in [-0.3, -0.25) is 9.55 Å². The average Bonchev–Trinajstić information content (AvgIpc) is 3.30. The Balaban J connectivity index is 1.78. The van der Waals surface area contributed by atoms with Gasteiger partial charge in [-0.1, -0.05) is 23.7 Å². The van der Waals surface area contributed by atoms with Crippen LogP contribution in [0.5, 0.6) is 11.6 Å². The zero-order valence-electron chi connectivity index (χ0n) is 16.9. The third kappa shape index (κ3) is 5.10. The number of halogens is 2. The van der Waals surface area contributed by atoms with Gasteiger partial charge >= 0.3 is 11.4 Å². The van der Waals surface area contributed by atoms with Gasteiger partial charge in [-0.2, -0.15) is 0 Å². The van der Waals surface area contributed by atoms with E-state index >= 15 is 0 Å². The van der Waals surface area contributed by atoms with E-state index in [4.69, 9.17) is 16.3 Å². The van der Waals surface area contributed by atoms with Crippen molar-refractivity contribution in [1.82, 2.24) is 19.3 Å². The first-order valence-electron chi connectivity index (χ1n) is 9.66. The quantitative estimate of drug-likeness (QED) is 0.423. The van der Waals surface area contributed by atoms with Crippen molar-refractivity contribution in [3.05, 3.63) is 97.8 Å². The van der Waals surface area contributed by atoms with Gasteiger partial charge in [-0.15, -0.1) is 0 Å². The first kappa shape index (κ1) is 22.2. The highest BCUT2D eigenvalue weighted by Crippen LogP contribution is 2.26. The molecular formula is C21H17ClFN5O5. The molecule has 4 aromatic rings. The molecule has 0 radical (unpaired) electrons. The largest absolute Gasteiger partial charge is 0.433 e. The molecule has 0 unspecified atom stereocenters. The summed E-state index contributed by atoms with van der Waals surface area (Å²) in [6.07, 6.45) is 1.28. The van der Waals surface area contributed by atoms with Crippen molar-refractivity contribution in [2.75, 3.05) is 6.61 Å². The van der Waals surface area contributed by atoms with Crippen LogP contribution in [0.1, 0.15) is 5.56 Å². The number of nitrogens with one attached hydrogen (secondary N) is 1. The Hall–Kier alpha value is -3.96. The first-order valence-corrected chi connectivity index (χ1v) is 10.0. The Morgan fingerprint density at radius 3 is 2.61 bits per heavy atom. The van der Waals surface area contributed by atoms with Crippen molar-refractivity contribution >= 4 is 17.3 Å². The molecule has 0 atom stereocenters. The molecule has 33 heavy (non-hydrogen) atoms. The number of rotatable bonds is 7. The van der Waals surface area contributed by atoms with E-state index in [0.717, 1.165) is 10.6 Å². The van der Waals surface area contributed by atoms with Crippen LogP contribution in [0.3, 0.4) is 0 Å². The number of aliphatic hydroxyl groups is 1. The molecule has 0 amide bonds. The van der Waals surface area contributed by atoms with Crippen LogP contribution in [0.4, 0.5) is 10.1 Å². The predicted molar refractivity (Wildman–Crippen MR) is 115 cm³/mol. The summed E-state index contributed by atoms with van der Waals surface area (Å²) in [5, 5.41) is 13.3. The van der Waals surface area contributed by atoms with Gasteiger partial charge in [0, 0.05) is 17.2 Å². The Bertz CT molecular complexity index is 1440. The van der Waals surface area contributed by atoms with Crippen LogP contribution < -0.4 is 21.7 Å². The fourth-order valence-electron chi connectivity index (χ4n) is 2.99. The van der Waals surface area contributed by atoms with E-state index in [2.05, 4.69) is 19.7 Å². The summed E-state index contributed by atoms with van der Waals surface area (Å²) in [6, 6.07) is 12.0. The third-order valence-corrected chi connectivity index (χ3v) is 4.79. The molecular weight excluding hydrogens is 457 g/mol. The zero-order valence-corrected chi connectivity index (χ0v) is 17.7. The molecule has 0 aliphatic carbocycles. The highest BCUT2D eigenvalue weighted by atomic mass is 35.5. The number of hydrogen-bond donors (Lipinski definition) is 2. The molecule has 4 rings (SSSR count). The van der Waals surface area contributed by atoms with E-state index in [-0.39, 0.29) is 36.0 Å². The molecule has 0 saturated carbocycles. The number of aromatic amines is 1. The summed E-state index contributed by atoms with van der Waals surface area (Å²) >= 11 is 5.92. The zero-order chi connectivity index (χ0) is 23.4. The summed E-state index contributed by atoms with van der Waals surface area (Å²) in [5.41, 5.74) is -0.707. The lowest BCUT2D eigenvalue weighted by Gasteiger charge is -2.10. The second-order valence-electron chi connectivity index (χ2n) is 6.79. The summed E-state index contributed by atoms with van der Waals surface area (Å²) in [4.78, 5) is 32.1. The van der Waals surface area contributed by atoms with Crippen molar-refractivity contribution in [3.8, 4) is 11.6 Å². The van der Waals surface area contributed by atoms with Crippen LogP contribution in [0.2, 0.25) is 5.02 Å². The summed E-state index contributed by atoms with van der Waals surface area (Å²) in [6.45, 7) is -0.552. The minimum Gasteiger partial charge on any atom is -0.433 e. The van der Waals surface area contributed by atoms with Gasteiger partial charge in [0.15, 0.2) is 11.6 Å². The van der Waals surface area contributed by atoms with Crippen LogP contribution in [-0.2, 0) is 13.1 Å². The molecule has 2 heterocycles. The normalized spacial score (nSPS) is 11.7. The van der Waals surface area contributed by atoms with E-state index in [1.54, 1.807) is 24.3 Å². The van der Waals surface area contributed by atoms with E-state index in [1.807, 2.05) is 0 Å². The van der Waals surface area contributed by atoms with Gasteiger partial charge in [0.2, 0.25) is 5.62 Å². The van der Waals surface area contributed by atoms with Crippen molar-refractivity contribution in [3.63, 3.8) is 0 Å². The number of aromatic nitrogens is 4. The third-order valence-electron chi connectivity index (χ3n) is 4.54. The van der Waals surface area contributed by atoms with Gasteiger partial charge < -0.3 is 14.4 Å². The van der Waals surface area contributed by atoms with Gasteiger partial charge in [-0.25, -0.2) is 23.5 Å². The number of hydrogen-bond acceptors (Lipinski definition) is 7. The highest BCUT2D eigenvalue weighted by Gasteiger charge is 2.11. The van der Waals surface area contributed by atoms with Gasteiger partial charge in [0.25, 0.3) is 5.88 Å². The molecule has 0 spiro atoms. The van der Waals surface area contributed by atoms with Crippen LogP contribution >= 0.6 is 11.6 Å². The van der Waals surface area contributed by atoms with Crippen LogP contribution in [0.25, 0.3) is 0 Å². The summed E-state index contributed by atoms with van der Waals surface area (Å²) in [5.74, 6) is -0.764. The Morgan fingerprint density at radius 2 is 1.94 bits per heavy atom. The molecule has 10 nitrogen and oxygen atoms in total. The fraction of sp³-hybridized carbons (Fsp3) is 0.143. The predicted octanol–water partition coefficient (Wildman–Crippen LogP) is 2.18. The average molecular weight is 474 g/mol. The Kier molecular flexibility index (Phi) is 6.52. The van der Waals surface area contributed by atoms with Crippen molar-refractivity contribution < 1.29 is 18.8 Å². The van der Waals surface area contributed by atoms with Crippen LogP contribution in [0.15, 0.2) is 73.9 Å². The molecule has 0 aliphatic heterocycles. The lowest BCUT2D eigenvalue weighted by molar-refractivity contribution is 0.268. The van der Waals surface area contributed by atoms with E-state index in [1.165, 1.54) is 29.0 Å². The summed E-state index contributed by atoms with van der Waals surface area (Å²) < 4.78 is 26.5. The molecule has 170 valence electrons. The SMILES string of the molecule is O=c1[nH]/c(=N\c2ccc(Oc3ccon3)c(F)c2)n(Cc2ccc(Cl)cc2)c(=O)n1CCO. The van der Waals surface area contributed by atoms with Crippen molar-refractivity contribution in [2.45, 2.75) is 13.1 Å². The molecule has 2 N–H and O–H groups in total. The van der Waals surface area contributed by atoms with Gasteiger partial charge in [0.05, 0.1) is 25.4 Å². The highest BCUT2D eigenvalue weighted by molar-refractivity contribution is 6.30. The van der Waals surface area contributed by atoms with E-state index in [0.29, 0.717) is 10.6 Å². The minimum absolute atomic E-state index is 0.0485. The molecule has 0 fully saturated rings. The molecule has 0 aliphatic rings. The van der Waals surface area contributed by atoms with Crippen molar-refractivity contribution in [2.24, 2.45) is 4.99 Å². The molecule has 2 aromatic carbocycles. The van der Waals surface area contributed by atoms with Crippen LogP contribution in [0, 0.1) is 5.82 Å². The molecule has 0 saturated heterocycles. The molecule has 2 aromatic heterocycles. The standard InChI is InChI=1S/C21H17ClFN5O5/c22-14-3-1-13(2-4-14)12-28-19(25-20(30)27(8-9-29)21(28)31)24-15-5-6-17(16(23)11-15)33-18-7-10-32-26-18/h1-7,10-11,29H,8-9,12H2,(H,24,25,30). The fourth-order valence-corrected chi connectivity index (χ4v) is 3.11. The van der Waals surface area contributed by atoms with E-state index in [9.17, 15) is 19.1 Å².